The van der Waals surface area contributed by atoms with Crippen molar-refractivity contribution in [1.29, 1.82) is 0 Å². The number of nitrogens with one attached hydrogen (secondary N) is 1. The third-order valence-electron chi connectivity index (χ3n) is 2.54. The highest BCUT2D eigenvalue weighted by atomic mass is 32.2. The number of anilines is 1. The Hall–Kier alpha value is -1.53. The fourth-order valence-corrected chi connectivity index (χ4v) is 2.81. The lowest BCUT2D eigenvalue weighted by Gasteiger charge is -2.14. The summed E-state index contributed by atoms with van der Waals surface area (Å²) in [6.45, 7) is 7.00. The van der Waals surface area contributed by atoms with Gasteiger partial charge in [0.2, 0.25) is 10.0 Å². The second kappa shape index (κ2) is 5.41. The molecule has 0 heterocycles. The molecule has 0 saturated carbocycles. The van der Waals surface area contributed by atoms with Crippen molar-refractivity contribution in [3.63, 3.8) is 0 Å². The van der Waals surface area contributed by atoms with E-state index in [1.165, 1.54) is 19.3 Å². The molecule has 0 spiro atoms. The number of nitrogens with two attached hydrogens (primary N) is 1. The van der Waals surface area contributed by atoms with Crippen molar-refractivity contribution < 1.29 is 13.2 Å². The van der Waals surface area contributed by atoms with Crippen molar-refractivity contribution in [1.82, 2.24) is 4.72 Å². The van der Waals surface area contributed by atoms with E-state index < -0.39 is 10.0 Å². The Morgan fingerprint density at radius 3 is 2.61 bits per heavy atom. The van der Waals surface area contributed by atoms with Crippen LogP contribution in [0.25, 0.3) is 0 Å². The first-order chi connectivity index (χ1) is 8.31. The number of methoxy groups -OCH3 is 1. The van der Waals surface area contributed by atoms with Crippen molar-refractivity contribution in [2.24, 2.45) is 0 Å². The van der Waals surface area contributed by atoms with Gasteiger partial charge in [-0.1, -0.05) is 6.08 Å². The lowest BCUT2D eigenvalue weighted by Crippen LogP contribution is -2.31. The number of hydrogen-bond acceptors (Lipinski definition) is 4. The van der Waals surface area contributed by atoms with Gasteiger partial charge in [-0.15, -0.1) is 6.58 Å². The minimum absolute atomic E-state index is 0.0294. The largest absolute Gasteiger partial charge is 0.495 e. The van der Waals surface area contributed by atoms with Crippen LogP contribution in [0.3, 0.4) is 0 Å². The predicted octanol–water partition coefficient (Wildman–Crippen LogP) is 1.44. The average Bonchev–Trinajstić information content (AvgIpc) is 2.31. The normalized spacial score (nSPS) is 13.1. The van der Waals surface area contributed by atoms with Gasteiger partial charge >= 0.3 is 0 Å². The summed E-state index contributed by atoms with van der Waals surface area (Å²) in [4.78, 5) is 0.0294. The van der Waals surface area contributed by atoms with Crippen molar-refractivity contribution in [3.8, 4) is 5.75 Å². The van der Waals surface area contributed by atoms with Gasteiger partial charge in [0.1, 0.15) is 10.6 Å². The molecule has 1 aromatic rings. The van der Waals surface area contributed by atoms with Gasteiger partial charge in [-0.25, -0.2) is 13.1 Å². The molecule has 0 saturated heterocycles. The fourth-order valence-electron chi connectivity index (χ4n) is 1.40. The number of aryl methyl sites for hydroxylation is 1. The third kappa shape index (κ3) is 3.02. The average molecular weight is 270 g/mol. The van der Waals surface area contributed by atoms with E-state index in [0.717, 1.165) is 5.56 Å². The van der Waals surface area contributed by atoms with Crippen LogP contribution in [0.5, 0.6) is 5.75 Å². The van der Waals surface area contributed by atoms with Gasteiger partial charge in [-0.3, -0.25) is 0 Å². The molecule has 1 aromatic carbocycles. The van der Waals surface area contributed by atoms with Crippen molar-refractivity contribution in [2.45, 2.75) is 24.8 Å². The maximum Gasteiger partial charge on any atom is 0.244 e. The van der Waals surface area contributed by atoms with E-state index in [4.69, 9.17) is 10.5 Å². The van der Waals surface area contributed by atoms with E-state index in [-0.39, 0.29) is 16.7 Å². The highest BCUT2D eigenvalue weighted by molar-refractivity contribution is 7.89. The van der Waals surface area contributed by atoms with Crippen molar-refractivity contribution in [2.75, 3.05) is 12.8 Å². The van der Waals surface area contributed by atoms with Crippen LogP contribution in [-0.4, -0.2) is 21.6 Å². The standard InChI is InChI=1S/C12H18N2O3S/c1-5-9(3)14-18(15,16)12-7-10(13)8(2)6-11(12)17-4/h5-7,9,14H,1,13H2,2-4H3. The van der Waals surface area contributed by atoms with Crippen LogP contribution in [0.4, 0.5) is 5.69 Å². The van der Waals surface area contributed by atoms with Gasteiger partial charge in [0.25, 0.3) is 0 Å². The van der Waals surface area contributed by atoms with E-state index in [1.807, 2.05) is 0 Å². The lowest BCUT2D eigenvalue weighted by atomic mass is 10.2. The second-order valence-electron chi connectivity index (χ2n) is 4.01. The summed E-state index contributed by atoms with van der Waals surface area (Å²) in [6, 6.07) is 2.62. The van der Waals surface area contributed by atoms with Gasteiger partial charge < -0.3 is 10.5 Å². The summed E-state index contributed by atoms with van der Waals surface area (Å²) >= 11 is 0. The highest BCUT2D eigenvalue weighted by Crippen LogP contribution is 2.28. The van der Waals surface area contributed by atoms with E-state index in [1.54, 1.807) is 19.9 Å². The first-order valence-corrected chi connectivity index (χ1v) is 6.89. The maximum absolute atomic E-state index is 12.2. The Labute approximate surface area is 108 Å². The van der Waals surface area contributed by atoms with E-state index in [0.29, 0.717) is 5.69 Å². The Morgan fingerprint density at radius 2 is 2.11 bits per heavy atom. The predicted molar refractivity (Wildman–Crippen MR) is 72.1 cm³/mol. The topological polar surface area (TPSA) is 81.4 Å². The summed E-state index contributed by atoms with van der Waals surface area (Å²) < 4.78 is 31.8. The SMILES string of the molecule is C=CC(C)NS(=O)(=O)c1cc(N)c(C)cc1OC. The molecular formula is C12H18N2O3S. The summed E-state index contributed by atoms with van der Waals surface area (Å²) in [6.07, 6.45) is 1.50. The molecule has 5 nitrogen and oxygen atoms in total. The molecule has 100 valence electrons. The van der Waals surface area contributed by atoms with Gasteiger partial charge in [-0.05, 0) is 31.5 Å². The van der Waals surface area contributed by atoms with E-state index in [2.05, 4.69) is 11.3 Å². The molecule has 0 bridgehead atoms. The molecule has 1 unspecified atom stereocenters. The molecule has 18 heavy (non-hydrogen) atoms. The minimum atomic E-state index is -3.68. The zero-order valence-electron chi connectivity index (χ0n) is 10.7. The summed E-state index contributed by atoms with van der Waals surface area (Å²) in [7, 11) is -2.26. The first-order valence-electron chi connectivity index (χ1n) is 5.40. The number of benzene rings is 1. The second-order valence-corrected chi connectivity index (χ2v) is 5.69. The van der Waals surface area contributed by atoms with Crippen molar-refractivity contribution in [3.05, 3.63) is 30.4 Å². The maximum atomic E-state index is 12.2. The van der Waals surface area contributed by atoms with Gasteiger partial charge in [-0.2, -0.15) is 0 Å². The van der Waals surface area contributed by atoms with Gasteiger partial charge in [0.05, 0.1) is 7.11 Å². The number of rotatable bonds is 5. The molecule has 1 atom stereocenters. The van der Waals surface area contributed by atoms with E-state index >= 15 is 0 Å². The fraction of sp³-hybridized carbons (Fsp3) is 0.333. The molecule has 0 amide bonds. The first kappa shape index (κ1) is 14.5. The molecule has 1 rings (SSSR count). The molecule has 0 fully saturated rings. The van der Waals surface area contributed by atoms with Crippen molar-refractivity contribution >= 4 is 15.7 Å². The number of hydrogen-bond donors (Lipinski definition) is 2. The quantitative estimate of drug-likeness (QED) is 0.626. The summed E-state index contributed by atoms with van der Waals surface area (Å²) in [5.41, 5.74) is 6.91. The zero-order valence-corrected chi connectivity index (χ0v) is 11.5. The van der Waals surface area contributed by atoms with Crippen LogP contribution >= 0.6 is 0 Å². The molecule has 0 aliphatic carbocycles. The number of sulfonamides is 1. The number of nitrogen functional groups attached to an aromatic ring is 1. The van der Waals surface area contributed by atoms with Crippen LogP contribution in [0.1, 0.15) is 12.5 Å². The third-order valence-corrected chi connectivity index (χ3v) is 4.12. The molecular weight excluding hydrogens is 252 g/mol. The summed E-state index contributed by atoms with van der Waals surface area (Å²) in [5, 5.41) is 0. The Balaban J connectivity index is 3.31. The molecule has 0 aliphatic rings. The van der Waals surface area contributed by atoms with Gasteiger partial charge in [0, 0.05) is 11.7 Å². The monoisotopic (exact) mass is 270 g/mol. The Morgan fingerprint density at radius 1 is 1.50 bits per heavy atom. The summed E-state index contributed by atoms with van der Waals surface area (Å²) in [5.74, 6) is 0.269. The Kier molecular flexibility index (Phi) is 4.37. The molecule has 0 aliphatic heterocycles. The van der Waals surface area contributed by atoms with Crippen LogP contribution in [0.2, 0.25) is 0 Å². The van der Waals surface area contributed by atoms with Crippen LogP contribution in [0.15, 0.2) is 29.7 Å². The molecule has 0 aromatic heterocycles. The smallest absolute Gasteiger partial charge is 0.244 e. The minimum Gasteiger partial charge on any atom is -0.495 e. The Bertz CT molecular complexity index is 553. The van der Waals surface area contributed by atoms with Gasteiger partial charge in [0.15, 0.2) is 0 Å². The molecule has 6 heteroatoms. The lowest BCUT2D eigenvalue weighted by molar-refractivity contribution is 0.402. The van der Waals surface area contributed by atoms with Crippen LogP contribution in [-0.2, 0) is 10.0 Å². The van der Waals surface area contributed by atoms with E-state index in [9.17, 15) is 8.42 Å². The zero-order chi connectivity index (χ0) is 13.9. The highest BCUT2D eigenvalue weighted by Gasteiger charge is 2.21. The molecule has 0 radical (unpaired) electrons. The van der Waals surface area contributed by atoms with Crippen LogP contribution in [0, 0.1) is 6.92 Å². The number of ether oxygens (including phenoxy) is 1. The van der Waals surface area contributed by atoms with Crippen LogP contribution < -0.4 is 15.2 Å². The molecule has 3 N–H and O–H groups in total.